The lowest BCUT2D eigenvalue weighted by Crippen LogP contribution is -2.53. The topological polar surface area (TPSA) is 78.9 Å². The molecule has 1 heterocycles. The molecule has 6 heteroatoms. The van der Waals surface area contributed by atoms with Crippen molar-refractivity contribution in [2.24, 2.45) is 5.92 Å². The summed E-state index contributed by atoms with van der Waals surface area (Å²) in [5.74, 6) is -0.254. The highest BCUT2D eigenvalue weighted by Gasteiger charge is 2.30. The normalized spacial score (nSPS) is 25.6. The molecule has 2 atom stereocenters. The van der Waals surface area contributed by atoms with Gasteiger partial charge < -0.3 is 20.1 Å². The summed E-state index contributed by atoms with van der Waals surface area (Å²) in [7, 11) is 0. The summed E-state index contributed by atoms with van der Waals surface area (Å²) in [6.07, 6.45) is 2.64. The predicted molar refractivity (Wildman–Crippen MR) is 64.3 cm³/mol. The monoisotopic (exact) mass is 256 g/mol. The van der Waals surface area contributed by atoms with Crippen LogP contribution in [0.15, 0.2) is 0 Å². The minimum atomic E-state index is -1.02. The molecule has 0 radical (unpaired) electrons. The van der Waals surface area contributed by atoms with Gasteiger partial charge in [-0.2, -0.15) is 0 Å². The molecule has 2 rings (SSSR count). The zero-order valence-electron chi connectivity index (χ0n) is 10.6. The van der Waals surface area contributed by atoms with Crippen molar-refractivity contribution in [3.8, 4) is 0 Å². The standard InChI is InChI=1S/C12H20N2O4/c1-8(6-9-2-3-9)13-12(17)14-4-5-18-10(7-14)11(15)16/h8-10H,2-7H2,1H3,(H,13,17)(H,15,16). The maximum absolute atomic E-state index is 11.9. The first-order chi connectivity index (χ1) is 8.56. The second-order valence-corrected chi connectivity index (χ2v) is 5.17. The Bertz CT molecular complexity index is 330. The van der Waals surface area contributed by atoms with Crippen molar-refractivity contribution < 1.29 is 19.4 Å². The number of nitrogens with zero attached hydrogens (tertiary/aromatic N) is 1. The van der Waals surface area contributed by atoms with Crippen LogP contribution in [0.25, 0.3) is 0 Å². The van der Waals surface area contributed by atoms with E-state index in [9.17, 15) is 9.59 Å². The van der Waals surface area contributed by atoms with Crippen LogP contribution in [0.5, 0.6) is 0 Å². The van der Waals surface area contributed by atoms with E-state index < -0.39 is 12.1 Å². The Morgan fingerprint density at radius 1 is 1.50 bits per heavy atom. The van der Waals surface area contributed by atoms with E-state index in [1.807, 2.05) is 6.92 Å². The molecule has 0 spiro atoms. The van der Waals surface area contributed by atoms with E-state index in [4.69, 9.17) is 9.84 Å². The van der Waals surface area contributed by atoms with Crippen molar-refractivity contribution in [3.05, 3.63) is 0 Å². The molecule has 18 heavy (non-hydrogen) atoms. The van der Waals surface area contributed by atoms with Crippen LogP contribution < -0.4 is 5.32 Å². The van der Waals surface area contributed by atoms with E-state index in [1.54, 1.807) is 0 Å². The summed E-state index contributed by atoms with van der Waals surface area (Å²) in [5.41, 5.74) is 0. The first kappa shape index (κ1) is 13.1. The van der Waals surface area contributed by atoms with Crippen LogP contribution in [-0.4, -0.2) is 53.8 Å². The van der Waals surface area contributed by atoms with Gasteiger partial charge in [-0.25, -0.2) is 9.59 Å². The third-order valence-corrected chi connectivity index (χ3v) is 3.38. The van der Waals surface area contributed by atoms with Crippen molar-refractivity contribution in [2.45, 2.75) is 38.3 Å². The minimum absolute atomic E-state index is 0.122. The van der Waals surface area contributed by atoms with Crippen LogP contribution in [0.4, 0.5) is 4.79 Å². The molecule has 2 aliphatic rings. The highest BCUT2D eigenvalue weighted by molar-refractivity contribution is 5.77. The Balaban J connectivity index is 1.78. The predicted octanol–water partition coefficient (Wildman–Crippen LogP) is 0.670. The van der Waals surface area contributed by atoms with Crippen LogP contribution >= 0.6 is 0 Å². The quantitative estimate of drug-likeness (QED) is 0.775. The summed E-state index contributed by atoms with van der Waals surface area (Å²) in [5, 5.41) is 11.8. The van der Waals surface area contributed by atoms with E-state index >= 15 is 0 Å². The molecule has 102 valence electrons. The number of carbonyl (C=O) groups excluding carboxylic acids is 1. The fraction of sp³-hybridized carbons (Fsp3) is 0.833. The molecule has 1 saturated heterocycles. The largest absolute Gasteiger partial charge is 0.479 e. The average Bonchev–Trinajstić information content (AvgIpc) is 3.12. The zero-order valence-corrected chi connectivity index (χ0v) is 10.6. The first-order valence-electron chi connectivity index (χ1n) is 6.46. The van der Waals surface area contributed by atoms with Gasteiger partial charge in [0, 0.05) is 12.6 Å². The number of hydrogen-bond donors (Lipinski definition) is 2. The minimum Gasteiger partial charge on any atom is -0.479 e. The Hall–Kier alpha value is -1.30. The Kier molecular flexibility index (Phi) is 4.06. The molecule has 1 aliphatic carbocycles. The smallest absolute Gasteiger partial charge is 0.334 e. The number of ether oxygens (including phenoxy) is 1. The molecular weight excluding hydrogens is 236 g/mol. The third kappa shape index (κ3) is 3.60. The number of carbonyl (C=O) groups is 2. The lowest BCUT2D eigenvalue weighted by Gasteiger charge is -2.31. The van der Waals surface area contributed by atoms with Gasteiger partial charge in [-0.1, -0.05) is 12.8 Å². The molecule has 0 bridgehead atoms. The Morgan fingerprint density at radius 2 is 2.22 bits per heavy atom. The summed E-state index contributed by atoms with van der Waals surface area (Å²) >= 11 is 0. The summed E-state index contributed by atoms with van der Waals surface area (Å²) in [6, 6.07) is -0.0335. The van der Waals surface area contributed by atoms with Gasteiger partial charge in [0.15, 0.2) is 6.10 Å². The van der Waals surface area contributed by atoms with Crippen LogP contribution in [0.2, 0.25) is 0 Å². The second kappa shape index (κ2) is 5.56. The van der Waals surface area contributed by atoms with Gasteiger partial charge in [0.05, 0.1) is 13.2 Å². The van der Waals surface area contributed by atoms with Crippen molar-refractivity contribution in [1.29, 1.82) is 0 Å². The number of hydrogen-bond acceptors (Lipinski definition) is 3. The van der Waals surface area contributed by atoms with E-state index in [0.29, 0.717) is 6.54 Å². The van der Waals surface area contributed by atoms with Crippen LogP contribution in [0.3, 0.4) is 0 Å². The van der Waals surface area contributed by atoms with Crippen LogP contribution in [-0.2, 0) is 9.53 Å². The Labute approximate surface area is 106 Å². The van der Waals surface area contributed by atoms with Crippen molar-refractivity contribution in [1.82, 2.24) is 10.2 Å². The number of urea groups is 1. The maximum Gasteiger partial charge on any atom is 0.334 e. The number of carboxylic acids is 1. The molecule has 2 fully saturated rings. The van der Waals surface area contributed by atoms with Gasteiger partial charge in [0.1, 0.15) is 0 Å². The van der Waals surface area contributed by atoms with Crippen LogP contribution in [0, 0.1) is 5.92 Å². The van der Waals surface area contributed by atoms with E-state index in [1.165, 1.54) is 17.7 Å². The van der Waals surface area contributed by atoms with Gasteiger partial charge in [-0.05, 0) is 19.3 Å². The SMILES string of the molecule is CC(CC1CC1)NC(=O)N1CCOC(C(=O)O)C1. The molecule has 0 aromatic rings. The molecule has 2 unspecified atom stereocenters. The van der Waals surface area contributed by atoms with Crippen molar-refractivity contribution in [2.75, 3.05) is 19.7 Å². The molecule has 0 aromatic carbocycles. The van der Waals surface area contributed by atoms with Gasteiger partial charge in [0.25, 0.3) is 0 Å². The number of morpholine rings is 1. The molecule has 1 saturated carbocycles. The van der Waals surface area contributed by atoms with E-state index in [2.05, 4.69) is 5.32 Å². The van der Waals surface area contributed by atoms with E-state index in [-0.39, 0.29) is 25.2 Å². The number of nitrogens with one attached hydrogen (secondary N) is 1. The van der Waals surface area contributed by atoms with Gasteiger partial charge in [-0.15, -0.1) is 0 Å². The zero-order chi connectivity index (χ0) is 13.1. The molecule has 6 nitrogen and oxygen atoms in total. The Morgan fingerprint density at radius 3 is 2.83 bits per heavy atom. The molecule has 2 amide bonds. The fourth-order valence-corrected chi connectivity index (χ4v) is 2.20. The molecule has 1 aliphatic heterocycles. The number of carboxylic acid groups (broad SMARTS) is 1. The van der Waals surface area contributed by atoms with Gasteiger partial charge >= 0.3 is 12.0 Å². The number of aliphatic carboxylic acids is 1. The van der Waals surface area contributed by atoms with Crippen molar-refractivity contribution >= 4 is 12.0 Å². The summed E-state index contributed by atoms with van der Waals surface area (Å²) in [4.78, 5) is 24.3. The average molecular weight is 256 g/mol. The van der Waals surface area contributed by atoms with E-state index in [0.717, 1.165) is 12.3 Å². The number of amides is 2. The highest BCUT2D eigenvalue weighted by atomic mass is 16.5. The first-order valence-corrected chi connectivity index (χ1v) is 6.46. The highest BCUT2D eigenvalue weighted by Crippen LogP contribution is 2.33. The molecule has 0 aromatic heterocycles. The summed E-state index contributed by atoms with van der Waals surface area (Å²) < 4.78 is 5.08. The third-order valence-electron chi connectivity index (χ3n) is 3.38. The molecular formula is C12H20N2O4. The lowest BCUT2D eigenvalue weighted by molar-refractivity contribution is -0.154. The lowest BCUT2D eigenvalue weighted by atomic mass is 10.1. The van der Waals surface area contributed by atoms with Gasteiger partial charge in [-0.3, -0.25) is 0 Å². The van der Waals surface area contributed by atoms with Crippen molar-refractivity contribution in [3.63, 3.8) is 0 Å². The molecule has 2 N–H and O–H groups in total. The van der Waals surface area contributed by atoms with Crippen LogP contribution in [0.1, 0.15) is 26.2 Å². The van der Waals surface area contributed by atoms with Gasteiger partial charge in [0.2, 0.25) is 0 Å². The second-order valence-electron chi connectivity index (χ2n) is 5.17. The maximum atomic E-state index is 11.9. The summed E-state index contributed by atoms with van der Waals surface area (Å²) in [6.45, 7) is 2.84. The number of rotatable bonds is 4. The fourth-order valence-electron chi connectivity index (χ4n) is 2.20.